The smallest absolute Gasteiger partial charge is 0.251 e. The Kier molecular flexibility index (Phi) is 3.02. The van der Waals surface area contributed by atoms with E-state index in [1.54, 1.807) is 6.92 Å². The summed E-state index contributed by atoms with van der Waals surface area (Å²) in [5.41, 5.74) is 1.06. The van der Waals surface area contributed by atoms with Crippen LogP contribution in [0.1, 0.15) is 38.2 Å². The van der Waals surface area contributed by atoms with Crippen LogP contribution in [0.3, 0.4) is 0 Å². The Hall–Kier alpha value is -0.740. The maximum atomic E-state index is 9.49. The van der Waals surface area contributed by atoms with Crippen LogP contribution in [0.25, 0.3) is 0 Å². The molecule has 3 rings (SSSR count). The van der Waals surface area contributed by atoms with Gasteiger partial charge in [-0.3, -0.25) is 0 Å². The number of fused-ring (bicyclic) bond motifs is 1. The third-order valence-electron chi connectivity index (χ3n) is 3.59. The third-order valence-corrected chi connectivity index (χ3v) is 4.32. The van der Waals surface area contributed by atoms with E-state index in [1.165, 1.54) is 0 Å². The monoisotopic (exact) mass is 312 g/mol. The predicted molar refractivity (Wildman–Crippen MR) is 72.0 cm³/mol. The Morgan fingerprint density at radius 1 is 1.28 bits per heavy atom. The Balaban J connectivity index is 1.89. The average molecular weight is 313 g/mol. The molecule has 1 aliphatic heterocycles. The molecule has 1 heterocycles. The van der Waals surface area contributed by atoms with Crippen molar-refractivity contribution < 1.29 is 14.6 Å². The lowest BCUT2D eigenvalue weighted by atomic mass is 10.1. The van der Waals surface area contributed by atoms with E-state index in [1.807, 2.05) is 12.1 Å². The largest absolute Gasteiger partial charge is 0.448 e. The lowest BCUT2D eigenvalue weighted by molar-refractivity contribution is -0.0716. The van der Waals surface area contributed by atoms with E-state index in [2.05, 4.69) is 15.9 Å². The van der Waals surface area contributed by atoms with Crippen molar-refractivity contribution in [1.82, 2.24) is 0 Å². The maximum absolute atomic E-state index is 9.49. The molecule has 1 N–H and O–H groups in total. The molecule has 1 spiro atoms. The van der Waals surface area contributed by atoms with E-state index in [4.69, 9.17) is 9.47 Å². The number of halogens is 1. The van der Waals surface area contributed by atoms with Gasteiger partial charge >= 0.3 is 0 Å². The number of benzene rings is 1. The molecule has 1 unspecified atom stereocenters. The summed E-state index contributed by atoms with van der Waals surface area (Å²) >= 11 is 3.53. The predicted octanol–water partition coefficient (Wildman–Crippen LogP) is 3.41. The molecular formula is C14H17BrO3. The van der Waals surface area contributed by atoms with Gasteiger partial charge < -0.3 is 14.6 Å². The van der Waals surface area contributed by atoms with Gasteiger partial charge in [-0.2, -0.15) is 0 Å². The number of aliphatic hydroxyl groups excluding tert-OH is 1. The first-order valence-corrected chi connectivity index (χ1v) is 7.26. The van der Waals surface area contributed by atoms with Crippen LogP contribution >= 0.6 is 15.9 Å². The van der Waals surface area contributed by atoms with Crippen molar-refractivity contribution >= 4 is 15.9 Å². The van der Waals surface area contributed by atoms with Crippen molar-refractivity contribution in [3.63, 3.8) is 0 Å². The summed E-state index contributed by atoms with van der Waals surface area (Å²) in [6, 6.07) is 3.94. The number of hydrogen-bond acceptors (Lipinski definition) is 3. The molecule has 0 saturated heterocycles. The van der Waals surface area contributed by atoms with Crippen LogP contribution in [0.2, 0.25) is 0 Å². The summed E-state index contributed by atoms with van der Waals surface area (Å²) in [4.78, 5) is 0. The molecule has 1 atom stereocenters. The van der Waals surface area contributed by atoms with Crippen LogP contribution in [0.5, 0.6) is 11.5 Å². The first-order valence-electron chi connectivity index (χ1n) is 6.46. The first-order chi connectivity index (χ1) is 8.58. The zero-order chi connectivity index (χ0) is 12.8. The number of ether oxygens (including phenoxy) is 2. The number of aliphatic hydroxyl groups is 1. The van der Waals surface area contributed by atoms with Gasteiger partial charge in [0.25, 0.3) is 5.79 Å². The van der Waals surface area contributed by atoms with Crippen molar-refractivity contribution in [2.45, 2.75) is 50.9 Å². The second kappa shape index (κ2) is 4.42. The Morgan fingerprint density at radius 2 is 1.89 bits per heavy atom. The van der Waals surface area contributed by atoms with E-state index < -0.39 is 5.79 Å². The summed E-state index contributed by atoms with van der Waals surface area (Å²) in [7, 11) is 0. The molecule has 2 aliphatic rings. The van der Waals surface area contributed by atoms with Crippen molar-refractivity contribution in [3.8, 4) is 11.5 Å². The molecular weight excluding hydrogens is 296 g/mol. The molecule has 1 saturated carbocycles. The van der Waals surface area contributed by atoms with Gasteiger partial charge in [0.2, 0.25) is 0 Å². The fraction of sp³-hybridized carbons (Fsp3) is 0.571. The zero-order valence-corrected chi connectivity index (χ0v) is 12.0. The van der Waals surface area contributed by atoms with Gasteiger partial charge in [-0.25, -0.2) is 0 Å². The van der Waals surface area contributed by atoms with Crippen LogP contribution in [0.4, 0.5) is 0 Å². The molecule has 1 fully saturated rings. The molecule has 1 aromatic rings. The van der Waals surface area contributed by atoms with E-state index in [0.29, 0.717) is 6.42 Å². The lowest BCUT2D eigenvalue weighted by Crippen LogP contribution is -2.34. The molecule has 18 heavy (non-hydrogen) atoms. The summed E-state index contributed by atoms with van der Waals surface area (Å²) in [6.07, 6.45) is 4.51. The number of hydrogen-bond donors (Lipinski definition) is 1. The van der Waals surface area contributed by atoms with E-state index in [0.717, 1.165) is 47.2 Å². The van der Waals surface area contributed by atoms with Gasteiger partial charge in [0, 0.05) is 17.3 Å². The topological polar surface area (TPSA) is 38.7 Å². The summed E-state index contributed by atoms with van der Waals surface area (Å²) < 4.78 is 13.0. The van der Waals surface area contributed by atoms with Gasteiger partial charge in [0.1, 0.15) is 0 Å². The molecule has 3 nitrogen and oxygen atoms in total. The first kappa shape index (κ1) is 12.3. The highest BCUT2D eigenvalue weighted by Gasteiger charge is 2.44. The zero-order valence-electron chi connectivity index (χ0n) is 10.4. The minimum atomic E-state index is -0.411. The SMILES string of the molecule is CC(O)Cc1cc2c(cc1Br)OC1(CCCC1)O2. The highest BCUT2D eigenvalue weighted by Crippen LogP contribution is 2.48. The van der Waals surface area contributed by atoms with Crippen molar-refractivity contribution in [3.05, 3.63) is 22.2 Å². The Bertz CT molecular complexity index is 464. The van der Waals surface area contributed by atoms with Crippen molar-refractivity contribution in [2.75, 3.05) is 0 Å². The minimum Gasteiger partial charge on any atom is -0.448 e. The Morgan fingerprint density at radius 3 is 2.50 bits per heavy atom. The second-order valence-electron chi connectivity index (χ2n) is 5.27. The summed E-state index contributed by atoms with van der Waals surface area (Å²) in [5, 5.41) is 9.49. The quantitative estimate of drug-likeness (QED) is 0.909. The third kappa shape index (κ3) is 2.12. The van der Waals surface area contributed by atoms with Crippen LogP contribution in [-0.2, 0) is 6.42 Å². The van der Waals surface area contributed by atoms with Crippen LogP contribution in [-0.4, -0.2) is 17.0 Å². The average Bonchev–Trinajstić information content (AvgIpc) is 2.86. The highest BCUT2D eigenvalue weighted by molar-refractivity contribution is 9.10. The van der Waals surface area contributed by atoms with Crippen LogP contribution in [0, 0.1) is 0 Å². The second-order valence-corrected chi connectivity index (χ2v) is 6.12. The summed E-state index contributed by atoms with van der Waals surface area (Å²) in [6.45, 7) is 1.79. The number of rotatable bonds is 2. The molecule has 1 aliphatic carbocycles. The summed E-state index contributed by atoms with van der Waals surface area (Å²) in [5.74, 6) is 1.22. The van der Waals surface area contributed by atoms with Gasteiger partial charge in [-0.15, -0.1) is 0 Å². The maximum Gasteiger partial charge on any atom is 0.251 e. The van der Waals surface area contributed by atoms with E-state index in [9.17, 15) is 5.11 Å². The highest BCUT2D eigenvalue weighted by atomic mass is 79.9. The lowest BCUT2D eigenvalue weighted by Gasteiger charge is -2.21. The van der Waals surface area contributed by atoms with Gasteiger partial charge in [-0.1, -0.05) is 15.9 Å². The fourth-order valence-corrected chi connectivity index (χ4v) is 3.24. The molecule has 4 heteroatoms. The van der Waals surface area contributed by atoms with Crippen molar-refractivity contribution in [1.29, 1.82) is 0 Å². The fourth-order valence-electron chi connectivity index (χ4n) is 2.75. The van der Waals surface area contributed by atoms with Crippen LogP contribution in [0.15, 0.2) is 16.6 Å². The standard InChI is InChI=1S/C14H17BrO3/c1-9(16)6-10-7-12-13(8-11(10)15)18-14(17-12)4-2-3-5-14/h7-9,16H,2-6H2,1H3. The minimum absolute atomic E-state index is 0.359. The molecule has 0 bridgehead atoms. The van der Waals surface area contributed by atoms with Crippen LogP contribution < -0.4 is 9.47 Å². The molecule has 0 aromatic heterocycles. The van der Waals surface area contributed by atoms with Gasteiger partial charge in [-0.05, 0) is 43.9 Å². The Labute approximate surface area is 115 Å². The van der Waals surface area contributed by atoms with E-state index >= 15 is 0 Å². The van der Waals surface area contributed by atoms with Gasteiger partial charge in [0.05, 0.1) is 6.10 Å². The van der Waals surface area contributed by atoms with E-state index in [-0.39, 0.29) is 6.10 Å². The molecule has 0 radical (unpaired) electrons. The molecule has 0 amide bonds. The van der Waals surface area contributed by atoms with Gasteiger partial charge in [0.15, 0.2) is 11.5 Å². The molecule has 98 valence electrons. The molecule has 1 aromatic carbocycles. The normalized spacial score (nSPS) is 21.5. The van der Waals surface area contributed by atoms with Crippen molar-refractivity contribution in [2.24, 2.45) is 0 Å².